The van der Waals surface area contributed by atoms with Gasteiger partial charge < -0.3 is 4.74 Å². The van der Waals surface area contributed by atoms with Crippen LogP contribution in [0.3, 0.4) is 0 Å². The number of nitrogens with one attached hydrogen (secondary N) is 1. The largest absolute Gasteiger partial charge is 0.486 e. The first kappa shape index (κ1) is 23.8. The van der Waals surface area contributed by atoms with Gasteiger partial charge in [0.05, 0.1) is 25.5 Å². The minimum atomic E-state index is -0.483. The number of benzene rings is 3. The van der Waals surface area contributed by atoms with Crippen molar-refractivity contribution < 1.29 is 18.8 Å². The SMILES string of the molecule is O=C(N/N=C\c1cc(Cl)c(OCc2ccc(F)cc2)c(Br)c1)c1cc2cc([N+](=O)[O-])ccc2s1. The summed E-state index contributed by atoms with van der Waals surface area (Å²) in [5.41, 5.74) is 3.79. The summed E-state index contributed by atoms with van der Waals surface area (Å²) in [6, 6.07) is 15.3. The number of rotatable bonds is 7. The molecule has 34 heavy (non-hydrogen) atoms. The molecule has 0 saturated carbocycles. The van der Waals surface area contributed by atoms with Crippen molar-refractivity contribution in [2.45, 2.75) is 6.61 Å². The van der Waals surface area contributed by atoms with Crippen LogP contribution in [0.2, 0.25) is 5.02 Å². The number of nitro groups is 1. The molecule has 1 heterocycles. The maximum absolute atomic E-state index is 13.0. The van der Waals surface area contributed by atoms with Gasteiger partial charge in [-0.25, -0.2) is 9.82 Å². The van der Waals surface area contributed by atoms with Gasteiger partial charge in [0, 0.05) is 22.2 Å². The Kier molecular flexibility index (Phi) is 7.20. The number of ether oxygens (including phenoxy) is 1. The second-order valence-corrected chi connectivity index (χ2v) is 9.36. The molecule has 4 rings (SSSR count). The van der Waals surface area contributed by atoms with Gasteiger partial charge in [0.25, 0.3) is 11.6 Å². The number of hydrazone groups is 1. The molecule has 0 unspecified atom stereocenters. The zero-order chi connectivity index (χ0) is 24.2. The average molecular weight is 563 g/mol. The number of hydrogen-bond donors (Lipinski definition) is 1. The van der Waals surface area contributed by atoms with Crippen molar-refractivity contribution in [2.75, 3.05) is 0 Å². The minimum Gasteiger partial charge on any atom is -0.486 e. The number of carbonyl (C=O) groups excluding carboxylic acids is 1. The van der Waals surface area contributed by atoms with Crippen molar-refractivity contribution in [3.05, 3.63) is 102 Å². The molecule has 1 N–H and O–H groups in total. The quantitative estimate of drug-likeness (QED) is 0.154. The summed E-state index contributed by atoms with van der Waals surface area (Å²) in [4.78, 5) is 23.2. The van der Waals surface area contributed by atoms with Gasteiger partial charge in [0.2, 0.25) is 0 Å². The second-order valence-electron chi connectivity index (χ2n) is 7.02. The second kappa shape index (κ2) is 10.3. The predicted octanol–water partition coefficient (Wildman–Crippen LogP) is 6.71. The van der Waals surface area contributed by atoms with Crippen LogP contribution in [0.1, 0.15) is 20.8 Å². The molecule has 11 heteroatoms. The lowest BCUT2D eigenvalue weighted by atomic mass is 10.2. The van der Waals surface area contributed by atoms with Gasteiger partial charge in [-0.1, -0.05) is 23.7 Å². The number of carbonyl (C=O) groups is 1. The molecule has 0 radical (unpaired) electrons. The van der Waals surface area contributed by atoms with Gasteiger partial charge in [-0.05, 0) is 63.5 Å². The maximum Gasteiger partial charge on any atom is 0.281 e. The van der Waals surface area contributed by atoms with Crippen molar-refractivity contribution in [2.24, 2.45) is 5.10 Å². The van der Waals surface area contributed by atoms with Crippen molar-refractivity contribution in [1.29, 1.82) is 0 Å². The van der Waals surface area contributed by atoms with Gasteiger partial charge in [-0.2, -0.15) is 5.10 Å². The van der Waals surface area contributed by atoms with E-state index >= 15 is 0 Å². The predicted molar refractivity (Wildman–Crippen MR) is 133 cm³/mol. The molecule has 0 saturated heterocycles. The topological polar surface area (TPSA) is 93.8 Å². The molecule has 0 atom stereocenters. The van der Waals surface area contributed by atoms with Gasteiger partial charge >= 0.3 is 0 Å². The summed E-state index contributed by atoms with van der Waals surface area (Å²) in [6.07, 6.45) is 1.43. The number of hydrogen-bond acceptors (Lipinski definition) is 6. The molecule has 0 fully saturated rings. The molecule has 1 aromatic heterocycles. The van der Waals surface area contributed by atoms with Crippen LogP contribution in [0, 0.1) is 15.9 Å². The number of non-ortho nitro benzene ring substituents is 1. The normalized spacial score (nSPS) is 11.1. The number of nitrogens with zero attached hydrogens (tertiary/aromatic N) is 2. The fourth-order valence-electron chi connectivity index (χ4n) is 3.00. The van der Waals surface area contributed by atoms with E-state index in [1.165, 1.54) is 41.8 Å². The summed E-state index contributed by atoms with van der Waals surface area (Å²) >= 11 is 11.0. The van der Waals surface area contributed by atoms with E-state index in [-0.39, 0.29) is 18.1 Å². The number of amides is 1. The molecule has 0 aliphatic rings. The molecule has 7 nitrogen and oxygen atoms in total. The van der Waals surface area contributed by atoms with Crippen molar-refractivity contribution >= 4 is 66.8 Å². The standard InChI is InChI=1S/C23H14BrClFN3O4S/c24-18-7-14(8-19(25)22(18)33-12-13-1-3-16(26)4-2-13)11-27-28-23(30)21-10-15-9-17(29(31)32)5-6-20(15)34-21/h1-11H,12H2,(H,28,30)/b27-11-. The van der Waals surface area contributed by atoms with Crippen molar-refractivity contribution in [3.63, 3.8) is 0 Å². The first-order valence-corrected chi connectivity index (χ1v) is 11.7. The number of halogens is 3. The molecule has 0 bridgehead atoms. The summed E-state index contributed by atoms with van der Waals surface area (Å²) in [5.74, 6) is -0.342. The molecular formula is C23H14BrClFN3O4S. The van der Waals surface area contributed by atoms with Crippen LogP contribution in [0.5, 0.6) is 5.75 Å². The fourth-order valence-corrected chi connectivity index (χ4v) is 4.93. The monoisotopic (exact) mass is 561 g/mol. The molecule has 0 aliphatic heterocycles. The van der Waals surface area contributed by atoms with Crippen molar-refractivity contribution in [3.8, 4) is 5.75 Å². The van der Waals surface area contributed by atoms with Crippen LogP contribution in [0.4, 0.5) is 10.1 Å². The lowest BCUT2D eigenvalue weighted by Crippen LogP contribution is -2.16. The average Bonchev–Trinajstić information content (AvgIpc) is 3.23. The highest BCUT2D eigenvalue weighted by atomic mass is 79.9. The highest BCUT2D eigenvalue weighted by molar-refractivity contribution is 9.10. The first-order valence-electron chi connectivity index (χ1n) is 9.68. The maximum atomic E-state index is 13.0. The van der Waals surface area contributed by atoms with E-state index in [4.69, 9.17) is 16.3 Å². The Morgan fingerprint density at radius 1 is 1.21 bits per heavy atom. The van der Waals surface area contributed by atoms with Crippen LogP contribution in [0.15, 0.2) is 70.2 Å². The zero-order valence-corrected chi connectivity index (χ0v) is 20.3. The summed E-state index contributed by atoms with van der Waals surface area (Å²) in [5, 5.41) is 15.8. The third-order valence-corrected chi connectivity index (χ3v) is 6.62. The summed E-state index contributed by atoms with van der Waals surface area (Å²) in [7, 11) is 0. The van der Waals surface area contributed by atoms with Gasteiger partial charge in [0.1, 0.15) is 12.4 Å². The molecule has 0 spiro atoms. The Morgan fingerprint density at radius 2 is 1.97 bits per heavy atom. The Hall–Kier alpha value is -3.34. The van der Waals surface area contributed by atoms with Crippen molar-refractivity contribution in [1.82, 2.24) is 5.43 Å². The Morgan fingerprint density at radius 3 is 2.68 bits per heavy atom. The fraction of sp³-hybridized carbons (Fsp3) is 0.0435. The third-order valence-electron chi connectivity index (χ3n) is 4.63. The highest BCUT2D eigenvalue weighted by Crippen LogP contribution is 2.35. The Balaban J connectivity index is 1.41. The smallest absolute Gasteiger partial charge is 0.281 e. The summed E-state index contributed by atoms with van der Waals surface area (Å²) < 4.78 is 20.1. The van der Waals surface area contributed by atoms with E-state index in [0.717, 1.165) is 10.3 Å². The molecule has 4 aromatic rings. The van der Waals surface area contributed by atoms with Crippen LogP contribution in [0.25, 0.3) is 10.1 Å². The van der Waals surface area contributed by atoms with Gasteiger partial charge in [0.15, 0.2) is 5.75 Å². The van der Waals surface area contributed by atoms with Crippen LogP contribution in [-0.2, 0) is 6.61 Å². The Bertz CT molecular complexity index is 1400. The van der Waals surface area contributed by atoms with E-state index in [9.17, 15) is 19.3 Å². The van der Waals surface area contributed by atoms with Gasteiger partial charge in [-0.3, -0.25) is 14.9 Å². The van der Waals surface area contributed by atoms with E-state index in [0.29, 0.717) is 31.1 Å². The van der Waals surface area contributed by atoms with E-state index in [2.05, 4.69) is 26.5 Å². The number of fused-ring (bicyclic) bond motifs is 1. The number of thiophene rings is 1. The highest BCUT2D eigenvalue weighted by Gasteiger charge is 2.13. The molecular weight excluding hydrogens is 549 g/mol. The first-order chi connectivity index (χ1) is 16.3. The lowest BCUT2D eigenvalue weighted by molar-refractivity contribution is -0.384. The molecule has 1 amide bonds. The van der Waals surface area contributed by atoms with Gasteiger partial charge in [-0.15, -0.1) is 11.3 Å². The molecule has 172 valence electrons. The Labute approximate surface area is 210 Å². The van der Waals surface area contributed by atoms with Crippen LogP contribution >= 0.6 is 38.9 Å². The van der Waals surface area contributed by atoms with E-state index < -0.39 is 10.8 Å². The van der Waals surface area contributed by atoms with E-state index in [1.54, 1.807) is 36.4 Å². The lowest BCUT2D eigenvalue weighted by Gasteiger charge is -2.11. The summed E-state index contributed by atoms with van der Waals surface area (Å²) in [6.45, 7) is 0.209. The zero-order valence-electron chi connectivity index (χ0n) is 17.1. The molecule has 3 aromatic carbocycles. The van der Waals surface area contributed by atoms with Crippen LogP contribution in [-0.4, -0.2) is 17.0 Å². The molecule has 0 aliphatic carbocycles. The van der Waals surface area contributed by atoms with Crippen LogP contribution < -0.4 is 10.2 Å². The third kappa shape index (κ3) is 5.58. The minimum absolute atomic E-state index is 0.0390. The van der Waals surface area contributed by atoms with E-state index in [1.807, 2.05) is 0 Å². The number of nitro benzene ring substituents is 1.